The molecule has 0 aromatic rings. The van der Waals surface area contributed by atoms with Gasteiger partial charge in [-0.2, -0.15) is 0 Å². The molecule has 0 saturated heterocycles. The highest BCUT2D eigenvalue weighted by Crippen LogP contribution is 2.49. The predicted octanol–water partition coefficient (Wildman–Crippen LogP) is 2.40. The number of amides is 1. The molecule has 2 aliphatic rings. The van der Waals surface area contributed by atoms with Crippen LogP contribution in [0.5, 0.6) is 0 Å². The molecular weight excluding hydrogens is 246 g/mol. The number of nitrogens with one attached hydrogen (secondary N) is 1. The molecular formula is C14H23NO4. The van der Waals surface area contributed by atoms with Gasteiger partial charge in [-0.05, 0) is 45.4 Å². The third-order valence-electron chi connectivity index (χ3n) is 4.15. The van der Waals surface area contributed by atoms with Crippen molar-refractivity contribution in [2.45, 2.75) is 58.1 Å². The highest BCUT2D eigenvalue weighted by molar-refractivity contribution is 5.75. The van der Waals surface area contributed by atoms with Crippen molar-refractivity contribution in [2.24, 2.45) is 17.8 Å². The molecule has 108 valence electrons. The van der Waals surface area contributed by atoms with Crippen LogP contribution in [0, 0.1) is 17.8 Å². The van der Waals surface area contributed by atoms with Crippen molar-refractivity contribution in [1.29, 1.82) is 0 Å². The molecule has 0 aromatic heterocycles. The monoisotopic (exact) mass is 269 g/mol. The molecule has 2 aliphatic carbocycles. The van der Waals surface area contributed by atoms with Gasteiger partial charge >= 0.3 is 12.1 Å². The summed E-state index contributed by atoms with van der Waals surface area (Å²) in [6.07, 6.45) is 3.69. The summed E-state index contributed by atoms with van der Waals surface area (Å²) in [6.45, 7) is 5.39. The number of carbonyl (C=O) groups excluding carboxylic acids is 1. The van der Waals surface area contributed by atoms with E-state index in [1.807, 2.05) is 0 Å². The van der Waals surface area contributed by atoms with Gasteiger partial charge in [-0.15, -0.1) is 0 Å². The van der Waals surface area contributed by atoms with Crippen LogP contribution in [0.4, 0.5) is 4.79 Å². The maximum Gasteiger partial charge on any atom is 0.407 e. The second-order valence-electron chi connectivity index (χ2n) is 6.65. The molecule has 2 N–H and O–H groups in total. The molecule has 0 aliphatic heterocycles. The van der Waals surface area contributed by atoms with Crippen LogP contribution in [0.25, 0.3) is 0 Å². The van der Waals surface area contributed by atoms with Gasteiger partial charge in [-0.25, -0.2) is 4.79 Å². The van der Waals surface area contributed by atoms with E-state index in [9.17, 15) is 14.7 Å². The van der Waals surface area contributed by atoms with Gasteiger partial charge in [0.2, 0.25) is 0 Å². The van der Waals surface area contributed by atoms with Gasteiger partial charge in [-0.1, -0.05) is 12.8 Å². The van der Waals surface area contributed by atoms with E-state index < -0.39 is 23.6 Å². The zero-order valence-electron chi connectivity index (χ0n) is 11.8. The minimum atomic E-state index is -0.802. The fourth-order valence-electron chi connectivity index (χ4n) is 3.44. The van der Waals surface area contributed by atoms with Crippen molar-refractivity contribution in [1.82, 2.24) is 5.32 Å². The number of carbonyl (C=O) groups is 2. The molecule has 2 rings (SSSR count). The standard InChI is InChI=1S/C14H23NO4/c1-14(2,3)19-13(18)15-11-9-7-5-4-6-8(9)10(11)12(16)17/h8-11H,4-7H2,1-3H3,(H,15,18)(H,16,17). The van der Waals surface area contributed by atoms with E-state index in [0.717, 1.165) is 25.7 Å². The van der Waals surface area contributed by atoms with Crippen LogP contribution in [0.2, 0.25) is 0 Å². The summed E-state index contributed by atoms with van der Waals surface area (Å²) in [5.41, 5.74) is -0.557. The highest BCUT2D eigenvalue weighted by atomic mass is 16.6. The summed E-state index contributed by atoms with van der Waals surface area (Å²) in [5, 5.41) is 12.1. The fourth-order valence-corrected chi connectivity index (χ4v) is 3.44. The van der Waals surface area contributed by atoms with E-state index in [0.29, 0.717) is 5.92 Å². The lowest BCUT2D eigenvalue weighted by Crippen LogP contribution is -2.63. The van der Waals surface area contributed by atoms with Crippen molar-refractivity contribution in [3.05, 3.63) is 0 Å². The Balaban J connectivity index is 1.98. The van der Waals surface area contributed by atoms with E-state index in [1.165, 1.54) is 0 Å². The van der Waals surface area contributed by atoms with E-state index in [2.05, 4.69) is 5.32 Å². The lowest BCUT2D eigenvalue weighted by Gasteiger charge is -2.52. The van der Waals surface area contributed by atoms with E-state index in [1.54, 1.807) is 20.8 Å². The molecule has 1 amide bonds. The van der Waals surface area contributed by atoms with Crippen LogP contribution in [-0.2, 0) is 9.53 Å². The Hall–Kier alpha value is -1.26. The van der Waals surface area contributed by atoms with Crippen LogP contribution in [0.1, 0.15) is 46.5 Å². The third kappa shape index (κ3) is 3.01. The lowest BCUT2D eigenvalue weighted by molar-refractivity contribution is -0.156. The summed E-state index contributed by atoms with van der Waals surface area (Å²) in [4.78, 5) is 23.1. The van der Waals surface area contributed by atoms with Gasteiger partial charge in [0.15, 0.2) is 0 Å². The molecule has 2 fully saturated rings. The Morgan fingerprint density at radius 3 is 2.26 bits per heavy atom. The second kappa shape index (κ2) is 5.02. The van der Waals surface area contributed by atoms with Gasteiger partial charge in [-0.3, -0.25) is 4.79 Å². The lowest BCUT2D eigenvalue weighted by atomic mass is 9.55. The van der Waals surface area contributed by atoms with Crippen molar-refractivity contribution in [3.63, 3.8) is 0 Å². The molecule has 4 atom stereocenters. The molecule has 0 spiro atoms. The molecule has 0 radical (unpaired) electrons. The molecule has 0 aromatic carbocycles. The van der Waals surface area contributed by atoms with Crippen molar-refractivity contribution < 1.29 is 19.4 Å². The van der Waals surface area contributed by atoms with Gasteiger partial charge in [0.1, 0.15) is 5.60 Å². The Kier molecular flexibility index (Phi) is 3.74. The largest absolute Gasteiger partial charge is 0.481 e. The SMILES string of the molecule is CC(C)(C)OC(=O)NC1C2CCCCC2C1C(=O)O. The number of aliphatic carboxylic acids is 1. The number of hydrogen-bond acceptors (Lipinski definition) is 3. The van der Waals surface area contributed by atoms with Gasteiger partial charge in [0, 0.05) is 6.04 Å². The van der Waals surface area contributed by atoms with E-state index >= 15 is 0 Å². The van der Waals surface area contributed by atoms with Gasteiger partial charge < -0.3 is 15.2 Å². The molecule has 0 heterocycles. The van der Waals surface area contributed by atoms with Gasteiger partial charge in [0.25, 0.3) is 0 Å². The summed E-state index contributed by atoms with van der Waals surface area (Å²) in [6, 6.07) is -0.266. The molecule has 19 heavy (non-hydrogen) atoms. The number of alkyl carbamates (subject to hydrolysis) is 1. The minimum absolute atomic E-state index is 0.228. The first-order chi connectivity index (χ1) is 8.79. The minimum Gasteiger partial charge on any atom is -0.481 e. The first kappa shape index (κ1) is 14.2. The smallest absolute Gasteiger partial charge is 0.407 e. The highest BCUT2D eigenvalue weighted by Gasteiger charge is 2.55. The Bertz CT molecular complexity index is 374. The fraction of sp³-hybridized carbons (Fsp3) is 0.857. The number of rotatable bonds is 2. The zero-order chi connectivity index (χ0) is 14.2. The first-order valence-electron chi connectivity index (χ1n) is 7.02. The summed E-state index contributed by atoms with van der Waals surface area (Å²) in [5.74, 6) is -0.712. The van der Waals surface area contributed by atoms with Crippen LogP contribution in [0.15, 0.2) is 0 Å². The number of ether oxygens (including phenoxy) is 1. The van der Waals surface area contributed by atoms with Crippen LogP contribution in [0.3, 0.4) is 0 Å². The maximum atomic E-state index is 11.8. The average Bonchev–Trinajstić information content (AvgIpc) is 2.23. The Morgan fingerprint density at radius 2 is 1.74 bits per heavy atom. The maximum absolute atomic E-state index is 11.8. The zero-order valence-corrected chi connectivity index (χ0v) is 11.8. The molecule has 4 unspecified atom stereocenters. The molecule has 0 bridgehead atoms. The van der Waals surface area contributed by atoms with Crippen molar-refractivity contribution in [3.8, 4) is 0 Å². The number of carboxylic acids is 1. The van der Waals surface area contributed by atoms with E-state index in [-0.39, 0.29) is 12.0 Å². The van der Waals surface area contributed by atoms with Crippen molar-refractivity contribution in [2.75, 3.05) is 0 Å². The topological polar surface area (TPSA) is 75.6 Å². The van der Waals surface area contributed by atoms with Crippen molar-refractivity contribution >= 4 is 12.1 Å². The number of carboxylic acid groups (broad SMARTS) is 1. The Morgan fingerprint density at radius 1 is 1.16 bits per heavy atom. The molecule has 2 saturated carbocycles. The van der Waals surface area contributed by atoms with Crippen LogP contribution in [-0.4, -0.2) is 28.8 Å². The first-order valence-corrected chi connectivity index (χ1v) is 7.02. The summed E-state index contributed by atoms with van der Waals surface area (Å²) < 4.78 is 5.21. The van der Waals surface area contributed by atoms with E-state index in [4.69, 9.17) is 4.74 Å². The summed E-state index contributed by atoms with van der Waals surface area (Å²) in [7, 11) is 0. The third-order valence-corrected chi connectivity index (χ3v) is 4.15. The second-order valence-corrected chi connectivity index (χ2v) is 6.65. The quantitative estimate of drug-likeness (QED) is 0.807. The van der Waals surface area contributed by atoms with Crippen LogP contribution >= 0.6 is 0 Å². The summed E-state index contributed by atoms with van der Waals surface area (Å²) >= 11 is 0. The Labute approximate surface area is 113 Å². The number of fused-ring (bicyclic) bond motifs is 1. The van der Waals surface area contributed by atoms with Gasteiger partial charge in [0.05, 0.1) is 5.92 Å². The number of hydrogen-bond donors (Lipinski definition) is 2. The molecule has 5 heteroatoms. The average molecular weight is 269 g/mol. The van der Waals surface area contributed by atoms with Crippen LogP contribution < -0.4 is 5.32 Å². The predicted molar refractivity (Wildman–Crippen MR) is 69.7 cm³/mol. The normalized spacial score (nSPS) is 33.8. The molecule has 5 nitrogen and oxygen atoms in total.